The van der Waals surface area contributed by atoms with Crippen LogP contribution in [0.3, 0.4) is 0 Å². The third kappa shape index (κ3) is 5.69. The molecular weight excluding hydrogens is 270 g/mol. The van der Waals surface area contributed by atoms with E-state index in [1.807, 2.05) is 19.1 Å². The van der Waals surface area contributed by atoms with Gasteiger partial charge >= 0.3 is 0 Å². The van der Waals surface area contributed by atoms with E-state index in [0.29, 0.717) is 12.3 Å². The first-order valence-electron chi connectivity index (χ1n) is 7.34. The van der Waals surface area contributed by atoms with Gasteiger partial charge in [-0.15, -0.1) is 0 Å². The number of hydrogen-bond acceptors (Lipinski definition) is 5. The van der Waals surface area contributed by atoms with Gasteiger partial charge in [0.15, 0.2) is 0 Å². The van der Waals surface area contributed by atoms with Gasteiger partial charge in [0.05, 0.1) is 11.5 Å². The third-order valence-corrected chi connectivity index (χ3v) is 3.29. The van der Waals surface area contributed by atoms with Crippen LogP contribution in [0.25, 0.3) is 0 Å². The SMILES string of the molecule is CCCNc1cc(CN(CC)CCOC)ccc1[N+](=O)[O-]. The van der Waals surface area contributed by atoms with Crippen LogP contribution in [0.1, 0.15) is 25.8 Å². The Balaban J connectivity index is 2.85. The fourth-order valence-electron chi connectivity index (χ4n) is 2.07. The standard InChI is InChI=1S/C15H25N3O3/c1-4-8-16-14-11-13(6-7-15(14)18(19)20)12-17(5-2)9-10-21-3/h6-7,11,16H,4-5,8-10,12H2,1-3H3. The number of benzene rings is 1. The average Bonchev–Trinajstić information content (AvgIpc) is 2.49. The summed E-state index contributed by atoms with van der Waals surface area (Å²) in [6.45, 7) is 8.06. The van der Waals surface area contributed by atoms with Crippen molar-refractivity contribution in [2.75, 3.05) is 38.7 Å². The van der Waals surface area contributed by atoms with Gasteiger partial charge in [-0.1, -0.05) is 19.9 Å². The summed E-state index contributed by atoms with van der Waals surface area (Å²) in [5, 5.41) is 14.2. The van der Waals surface area contributed by atoms with Crippen LogP contribution in [0.15, 0.2) is 18.2 Å². The molecule has 21 heavy (non-hydrogen) atoms. The minimum Gasteiger partial charge on any atom is -0.383 e. The summed E-state index contributed by atoms with van der Waals surface area (Å²) in [6, 6.07) is 5.28. The maximum Gasteiger partial charge on any atom is 0.292 e. The Bertz CT molecular complexity index is 452. The van der Waals surface area contributed by atoms with Crippen LogP contribution in [0.5, 0.6) is 0 Å². The van der Waals surface area contributed by atoms with E-state index >= 15 is 0 Å². The van der Waals surface area contributed by atoms with Gasteiger partial charge in [-0.25, -0.2) is 0 Å². The number of hydrogen-bond donors (Lipinski definition) is 1. The van der Waals surface area contributed by atoms with E-state index in [1.54, 1.807) is 13.2 Å². The molecule has 0 atom stereocenters. The Hall–Kier alpha value is -1.66. The Kier molecular flexibility index (Phi) is 7.71. The zero-order valence-corrected chi connectivity index (χ0v) is 13.1. The number of rotatable bonds is 10. The van der Waals surface area contributed by atoms with Crippen LogP contribution in [-0.2, 0) is 11.3 Å². The monoisotopic (exact) mass is 295 g/mol. The number of nitrogens with one attached hydrogen (secondary N) is 1. The highest BCUT2D eigenvalue weighted by molar-refractivity contribution is 5.62. The Morgan fingerprint density at radius 3 is 2.71 bits per heavy atom. The molecule has 0 aromatic heterocycles. The third-order valence-electron chi connectivity index (χ3n) is 3.29. The summed E-state index contributed by atoms with van der Waals surface area (Å²) in [5.74, 6) is 0. The van der Waals surface area contributed by atoms with Crippen LogP contribution < -0.4 is 5.32 Å². The molecule has 0 radical (unpaired) electrons. The summed E-state index contributed by atoms with van der Waals surface area (Å²) in [5.41, 5.74) is 1.80. The van der Waals surface area contributed by atoms with Crippen LogP contribution in [0.4, 0.5) is 11.4 Å². The summed E-state index contributed by atoms with van der Waals surface area (Å²) in [7, 11) is 1.69. The molecule has 0 saturated heterocycles. The molecule has 0 spiro atoms. The van der Waals surface area contributed by atoms with Crippen molar-refractivity contribution in [1.82, 2.24) is 4.90 Å². The molecule has 6 heteroatoms. The Labute approximate surface area is 126 Å². The first-order valence-corrected chi connectivity index (χ1v) is 7.34. The Morgan fingerprint density at radius 1 is 1.38 bits per heavy atom. The first-order chi connectivity index (χ1) is 10.1. The van der Waals surface area contributed by atoms with E-state index in [0.717, 1.165) is 38.2 Å². The van der Waals surface area contributed by atoms with Gasteiger partial charge < -0.3 is 10.1 Å². The molecule has 1 N–H and O–H groups in total. The van der Waals surface area contributed by atoms with Gasteiger partial charge in [0, 0.05) is 32.8 Å². The lowest BCUT2D eigenvalue weighted by molar-refractivity contribution is -0.384. The second-order valence-corrected chi connectivity index (χ2v) is 4.90. The summed E-state index contributed by atoms with van der Waals surface area (Å²) in [4.78, 5) is 13.0. The van der Waals surface area contributed by atoms with E-state index < -0.39 is 0 Å². The van der Waals surface area contributed by atoms with E-state index in [9.17, 15) is 10.1 Å². The maximum absolute atomic E-state index is 11.1. The smallest absolute Gasteiger partial charge is 0.292 e. The van der Waals surface area contributed by atoms with Gasteiger partial charge in [-0.05, 0) is 24.6 Å². The van der Waals surface area contributed by atoms with Crippen molar-refractivity contribution >= 4 is 11.4 Å². The lowest BCUT2D eigenvalue weighted by Crippen LogP contribution is -2.26. The molecule has 1 aromatic rings. The molecule has 0 aliphatic rings. The summed E-state index contributed by atoms with van der Waals surface area (Å²) in [6.07, 6.45) is 0.927. The highest BCUT2D eigenvalue weighted by atomic mass is 16.6. The molecule has 0 bridgehead atoms. The molecule has 1 aromatic carbocycles. The van der Waals surface area contributed by atoms with E-state index in [4.69, 9.17) is 4.74 Å². The molecule has 0 aliphatic heterocycles. The molecule has 118 valence electrons. The number of nitrogens with zero attached hydrogens (tertiary/aromatic N) is 2. The molecule has 0 amide bonds. The minimum absolute atomic E-state index is 0.132. The predicted octanol–water partition coefficient (Wildman–Crippen LogP) is 2.89. The molecule has 0 unspecified atom stereocenters. The number of nitro groups is 1. The van der Waals surface area contributed by atoms with Gasteiger partial charge in [0.1, 0.15) is 5.69 Å². The highest BCUT2D eigenvalue weighted by Gasteiger charge is 2.14. The van der Waals surface area contributed by atoms with Crippen LogP contribution in [0, 0.1) is 10.1 Å². The van der Waals surface area contributed by atoms with E-state index in [2.05, 4.69) is 17.1 Å². The lowest BCUT2D eigenvalue weighted by atomic mass is 10.1. The predicted molar refractivity (Wildman–Crippen MR) is 84.7 cm³/mol. The molecular formula is C15H25N3O3. The van der Waals surface area contributed by atoms with E-state index in [1.165, 1.54) is 0 Å². The topological polar surface area (TPSA) is 67.6 Å². The quantitative estimate of drug-likeness (QED) is 0.531. The fraction of sp³-hybridized carbons (Fsp3) is 0.600. The number of likely N-dealkylation sites (N-methyl/N-ethyl adjacent to an activating group) is 1. The average molecular weight is 295 g/mol. The van der Waals surface area contributed by atoms with Gasteiger partial charge in [-0.2, -0.15) is 0 Å². The second-order valence-electron chi connectivity index (χ2n) is 4.90. The zero-order valence-electron chi connectivity index (χ0n) is 13.1. The largest absolute Gasteiger partial charge is 0.383 e. The molecule has 6 nitrogen and oxygen atoms in total. The number of ether oxygens (including phenoxy) is 1. The molecule has 0 heterocycles. The van der Waals surface area contributed by atoms with Crippen molar-refractivity contribution in [1.29, 1.82) is 0 Å². The normalized spacial score (nSPS) is 10.9. The van der Waals surface area contributed by atoms with Crippen LogP contribution >= 0.6 is 0 Å². The number of methoxy groups -OCH3 is 1. The zero-order chi connectivity index (χ0) is 15.7. The molecule has 0 saturated carbocycles. The van der Waals surface area contributed by atoms with Gasteiger partial charge in [0.25, 0.3) is 5.69 Å². The van der Waals surface area contributed by atoms with Crippen molar-refractivity contribution in [3.05, 3.63) is 33.9 Å². The second kappa shape index (κ2) is 9.31. The number of anilines is 1. The lowest BCUT2D eigenvalue weighted by Gasteiger charge is -2.20. The fourth-order valence-corrected chi connectivity index (χ4v) is 2.07. The van der Waals surface area contributed by atoms with Crippen molar-refractivity contribution in [3.63, 3.8) is 0 Å². The molecule has 1 rings (SSSR count). The Morgan fingerprint density at radius 2 is 2.14 bits per heavy atom. The highest BCUT2D eigenvalue weighted by Crippen LogP contribution is 2.26. The van der Waals surface area contributed by atoms with Crippen molar-refractivity contribution in [3.8, 4) is 0 Å². The first kappa shape index (κ1) is 17.4. The van der Waals surface area contributed by atoms with Gasteiger partial charge in [0.2, 0.25) is 0 Å². The summed E-state index contributed by atoms with van der Waals surface area (Å²) < 4.78 is 5.10. The van der Waals surface area contributed by atoms with Crippen LogP contribution in [0.2, 0.25) is 0 Å². The van der Waals surface area contributed by atoms with Crippen molar-refractivity contribution in [2.24, 2.45) is 0 Å². The van der Waals surface area contributed by atoms with Gasteiger partial charge in [-0.3, -0.25) is 15.0 Å². The number of nitro benzene ring substituents is 1. The minimum atomic E-state index is -0.343. The van der Waals surface area contributed by atoms with Crippen LogP contribution in [-0.4, -0.2) is 43.2 Å². The van der Waals surface area contributed by atoms with Crippen molar-refractivity contribution < 1.29 is 9.66 Å². The molecule has 0 aliphatic carbocycles. The maximum atomic E-state index is 11.1. The van der Waals surface area contributed by atoms with E-state index in [-0.39, 0.29) is 10.6 Å². The van der Waals surface area contributed by atoms with Crippen molar-refractivity contribution in [2.45, 2.75) is 26.8 Å². The summed E-state index contributed by atoms with van der Waals surface area (Å²) >= 11 is 0. The molecule has 0 fully saturated rings.